The third kappa shape index (κ3) is 4.92. The van der Waals surface area contributed by atoms with Crippen molar-refractivity contribution in [3.8, 4) is 10.6 Å². The van der Waals surface area contributed by atoms with E-state index in [9.17, 15) is 4.79 Å². The van der Waals surface area contributed by atoms with Gasteiger partial charge in [0.1, 0.15) is 10.7 Å². The van der Waals surface area contributed by atoms with E-state index in [1.807, 2.05) is 36.5 Å². The number of nitrogen functional groups attached to an aromatic ring is 1. The summed E-state index contributed by atoms with van der Waals surface area (Å²) in [6, 6.07) is 11.5. The minimum Gasteiger partial charge on any atom is -0.399 e. The lowest BCUT2D eigenvalue weighted by Gasteiger charge is -2.34. The van der Waals surface area contributed by atoms with E-state index in [0.29, 0.717) is 23.6 Å². The van der Waals surface area contributed by atoms with Gasteiger partial charge in [-0.15, -0.1) is 11.3 Å². The van der Waals surface area contributed by atoms with E-state index in [1.165, 1.54) is 11.3 Å². The Morgan fingerprint density at radius 1 is 1.26 bits per heavy atom. The highest BCUT2D eigenvalue weighted by molar-refractivity contribution is 7.13. The van der Waals surface area contributed by atoms with Crippen LogP contribution in [-0.2, 0) is 6.54 Å². The lowest BCUT2D eigenvalue weighted by Crippen LogP contribution is -2.43. The highest BCUT2D eigenvalue weighted by Crippen LogP contribution is 2.31. The summed E-state index contributed by atoms with van der Waals surface area (Å²) in [6.07, 6.45) is 7.44. The molecule has 5 N–H and O–H groups in total. The topological polar surface area (TPSA) is 128 Å². The van der Waals surface area contributed by atoms with Gasteiger partial charge in [0.25, 0.3) is 5.91 Å². The van der Waals surface area contributed by atoms with Crippen molar-refractivity contribution in [3.05, 3.63) is 71.8 Å². The molecule has 1 atom stereocenters. The van der Waals surface area contributed by atoms with Gasteiger partial charge in [0.05, 0.1) is 29.8 Å². The lowest BCUT2D eigenvalue weighted by molar-refractivity contribution is 0.102. The molecule has 1 fully saturated rings. The van der Waals surface area contributed by atoms with Crippen LogP contribution in [0.2, 0.25) is 0 Å². The number of thiazole rings is 1. The average Bonchev–Trinajstić information content (AvgIpc) is 3.50. The van der Waals surface area contributed by atoms with Crippen molar-refractivity contribution in [3.63, 3.8) is 0 Å². The molecule has 174 valence electrons. The van der Waals surface area contributed by atoms with Gasteiger partial charge in [-0.1, -0.05) is 6.07 Å². The standard InChI is InChI=1S/C24H26N8OS/c25-17-6-7-22(31-9-3-4-18(26)13-31)20(10-17)29-23(33)21-15-34-24(30-21)16-11-28-32(12-16)14-19-5-1-2-8-27-19/h1-2,5-8,10-12,15,18H,3-4,9,13-14,25-26H2,(H,29,33). The molecule has 0 bridgehead atoms. The normalized spacial score (nSPS) is 15.9. The van der Waals surface area contributed by atoms with Crippen molar-refractivity contribution in [2.75, 3.05) is 29.0 Å². The molecule has 9 nitrogen and oxygen atoms in total. The first-order chi connectivity index (χ1) is 16.5. The summed E-state index contributed by atoms with van der Waals surface area (Å²) < 4.78 is 1.81. The predicted octanol–water partition coefficient (Wildman–Crippen LogP) is 3.21. The lowest BCUT2D eigenvalue weighted by atomic mass is 10.1. The molecule has 0 radical (unpaired) electrons. The molecule has 5 rings (SSSR count). The molecule has 1 aliphatic rings. The molecule has 1 saturated heterocycles. The number of benzene rings is 1. The fourth-order valence-corrected chi connectivity index (χ4v) is 4.85. The summed E-state index contributed by atoms with van der Waals surface area (Å²) in [5.41, 5.74) is 16.5. The number of amides is 1. The maximum Gasteiger partial charge on any atom is 0.275 e. The Kier molecular flexibility index (Phi) is 6.24. The second kappa shape index (κ2) is 9.62. The highest BCUT2D eigenvalue weighted by atomic mass is 32.1. The van der Waals surface area contributed by atoms with Crippen molar-refractivity contribution in [1.82, 2.24) is 19.7 Å². The average molecular weight is 475 g/mol. The number of pyridine rings is 1. The van der Waals surface area contributed by atoms with Gasteiger partial charge in [0.15, 0.2) is 0 Å². The Morgan fingerprint density at radius 2 is 2.18 bits per heavy atom. The highest BCUT2D eigenvalue weighted by Gasteiger charge is 2.21. The first-order valence-corrected chi connectivity index (χ1v) is 12.0. The number of nitrogens with zero attached hydrogens (tertiary/aromatic N) is 5. The molecular formula is C24H26N8OS. The largest absolute Gasteiger partial charge is 0.399 e. The van der Waals surface area contributed by atoms with Gasteiger partial charge in [0.2, 0.25) is 0 Å². The number of rotatable bonds is 6. The maximum atomic E-state index is 13.0. The summed E-state index contributed by atoms with van der Waals surface area (Å²) in [5, 5.41) is 9.88. The summed E-state index contributed by atoms with van der Waals surface area (Å²) >= 11 is 1.40. The van der Waals surface area contributed by atoms with Crippen LogP contribution in [0.25, 0.3) is 10.6 Å². The molecular weight excluding hydrogens is 448 g/mol. The molecule has 0 saturated carbocycles. The van der Waals surface area contributed by atoms with Gasteiger partial charge >= 0.3 is 0 Å². The fourth-order valence-electron chi connectivity index (χ4n) is 4.07. The van der Waals surface area contributed by atoms with Crippen LogP contribution in [0.3, 0.4) is 0 Å². The van der Waals surface area contributed by atoms with Crippen LogP contribution < -0.4 is 21.7 Å². The minimum atomic E-state index is -0.281. The number of hydrogen-bond acceptors (Lipinski definition) is 8. The number of carbonyl (C=O) groups is 1. The molecule has 10 heteroatoms. The molecule has 4 heterocycles. The van der Waals surface area contributed by atoms with Crippen LogP contribution in [-0.4, -0.2) is 44.8 Å². The molecule has 3 aromatic heterocycles. The zero-order valence-corrected chi connectivity index (χ0v) is 19.4. The number of nitrogens with two attached hydrogens (primary N) is 2. The van der Waals surface area contributed by atoms with Gasteiger partial charge in [-0.2, -0.15) is 5.10 Å². The van der Waals surface area contributed by atoms with Crippen molar-refractivity contribution in [2.24, 2.45) is 5.73 Å². The maximum absolute atomic E-state index is 13.0. The minimum absolute atomic E-state index is 0.120. The SMILES string of the molecule is Nc1ccc(N2CCCC(N)C2)c(NC(=O)c2csc(-c3cnn(Cc4ccccn4)c3)n2)c1. The molecule has 1 aliphatic heterocycles. The Balaban J connectivity index is 1.31. The van der Waals surface area contributed by atoms with E-state index in [0.717, 1.165) is 47.9 Å². The Morgan fingerprint density at radius 3 is 3.00 bits per heavy atom. The van der Waals surface area contributed by atoms with E-state index in [4.69, 9.17) is 11.5 Å². The Labute approximate surface area is 201 Å². The van der Waals surface area contributed by atoms with E-state index in [2.05, 4.69) is 25.3 Å². The van der Waals surface area contributed by atoms with Crippen LogP contribution in [0.15, 0.2) is 60.4 Å². The van der Waals surface area contributed by atoms with Gasteiger partial charge < -0.3 is 21.7 Å². The van der Waals surface area contributed by atoms with E-state index in [1.54, 1.807) is 28.5 Å². The Hall–Kier alpha value is -3.76. The van der Waals surface area contributed by atoms with Gasteiger partial charge in [-0.3, -0.25) is 14.5 Å². The smallest absolute Gasteiger partial charge is 0.275 e. The molecule has 34 heavy (non-hydrogen) atoms. The first-order valence-electron chi connectivity index (χ1n) is 11.1. The predicted molar refractivity (Wildman–Crippen MR) is 135 cm³/mol. The third-order valence-corrected chi connectivity index (χ3v) is 6.63. The summed E-state index contributed by atoms with van der Waals surface area (Å²) in [7, 11) is 0. The monoisotopic (exact) mass is 474 g/mol. The van der Waals surface area contributed by atoms with Gasteiger partial charge in [0, 0.05) is 48.2 Å². The first kappa shape index (κ1) is 22.1. The number of anilines is 3. The van der Waals surface area contributed by atoms with Crippen LogP contribution in [0.5, 0.6) is 0 Å². The van der Waals surface area contributed by atoms with E-state index >= 15 is 0 Å². The third-order valence-electron chi connectivity index (χ3n) is 5.73. The number of hydrogen-bond donors (Lipinski definition) is 3. The second-order valence-corrected chi connectivity index (χ2v) is 9.22. The van der Waals surface area contributed by atoms with Crippen LogP contribution in [0, 0.1) is 0 Å². The number of carbonyl (C=O) groups excluding carboxylic acids is 1. The molecule has 1 amide bonds. The molecule has 4 aromatic rings. The van der Waals surface area contributed by atoms with Crippen LogP contribution in [0.1, 0.15) is 29.0 Å². The van der Waals surface area contributed by atoms with E-state index in [-0.39, 0.29) is 11.9 Å². The molecule has 1 unspecified atom stereocenters. The van der Waals surface area contributed by atoms with Gasteiger partial charge in [-0.25, -0.2) is 4.98 Å². The van der Waals surface area contributed by atoms with E-state index < -0.39 is 0 Å². The Bertz CT molecular complexity index is 1290. The second-order valence-electron chi connectivity index (χ2n) is 8.36. The van der Waals surface area contributed by atoms with Crippen LogP contribution >= 0.6 is 11.3 Å². The van der Waals surface area contributed by atoms with Crippen molar-refractivity contribution in [2.45, 2.75) is 25.4 Å². The number of piperidine rings is 1. The fraction of sp³-hybridized carbons (Fsp3) is 0.250. The summed E-state index contributed by atoms with van der Waals surface area (Å²) in [6.45, 7) is 2.21. The van der Waals surface area contributed by atoms with Crippen molar-refractivity contribution in [1.29, 1.82) is 0 Å². The van der Waals surface area contributed by atoms with Crippen molar-refractivity contribution < 1.29 is 4.79 Å². The van der Waals surface area contributed by atoms with Gasteiger partial charge in [-0.05, 0) is 43.2 Å². The number of nitrogens with one attached hydrogen (secondary N) is 1. The quantitative estimate of drug-likeness (QED) is 0.366. The zero-order chi connectivity index (χ0) is 23.5. The van der Waals surface area contributed by atoms with Crippen LogP contribution in [0.4, 0.5) is 17.1 Å². The summed E-state index contributed by atoms with van der Waals surface area (Å²) in [5.74, 6) is -0.281. The molecule has 0 spiro atoms. The summed E-state index contributed by atoms with van der Waals surface area (Å²) in [4.78, 5) is 24.1. The molecule has 1 aromatic carbocycles. The molecule has 0 aliphatic carbocycles. The zero-order valence-electron chi connectivity index (χ0n) is 18.6. The van der Waals surface area contributed by atoms with Crippen molar-refractivity contribution >= 4 is 34.3 Å². The number of aromatic nitrogens is 4.